The largest absolute Gasteiger partial charge is 0.472 e. The normalized spacial score (nSPS) is 22.1. The van der Waals surface area contributed by atoms with Crippen molar-refractivity contribution >= 4 is 78.5 Å². The van der Waals surface area contributed by atoms with Gasteiger partial charge in [0, 0.05) is 32.5 Å². The number of aromatic nitrogens is 12. The van der Waals surface area contributed by atoms with Crippen molar-refractivity contribution in [1.82, 2.24) is 58.6 Å². The molecule has 9 heterocycles. The minimum Gasteiger partial charge on any atom is -0.463 e. The summed E-state index contributed by atoms with van der Waals surface area (Å²) in [5, 5.41) is 11.0. The number of carbonyl (C=O) groups excluding carboxylic acids is 2. The van der Waals surface area contributed by atoms with Crippen molar-refractivity contribution in [3.8, 4) is 0 Å². The van der Waals surface area contributed by atoms with Gasteiger partial charge in [0.1, 0.15) is 73.2 Å². The molecular formula is C69H111N15O18P2. The summed E-state index contributed by atoms with van der Waals surface area (Å²) in [4.78, 5) is 86.7. The molecule has 0 aliphatic carbocycles. The Labute approximate surface area is 608 Å². The molecule has 3 aliphatic heterocycles. The number of carbonyl (C=O) groups is 2. The Balaban J connectivity index is 0.734. The number of hydrogen-bond acceptors (Lipinski definition) is 28. The highest BCUT2D eigenvalue weighted by molar-refractivity contribution is 7.47. The Morgan fingerprint density at radius 2 is 0.827 bits per heavy atom. The molecule has 104 heavy (non-hydrogen) atoms. The van der Waals surface area contributed by atoms with E-state index in [4.69, 9.17) is 68.5 Å². The number of nitrogens with two attached hydrogens (primary N) is 3. The number of aliphatic hydroxyl groups excluding tert-OH is 1. The van der Waals surface area contributed by atoms with Gasteiger partial charge in [-0.3, -0.25) is 41.4 Å². The molecule has 0 saturated carbocycles. The van der Waals surface area contributed by atoms with Gasteiger partial charge in [0.25, 0.3) is 0 Å². The minimum atomic E-state index is -5.11. The first kappa shape index (κ1) is 82.0. The van der Waals surface area contributed by atoms with Crippen LogP contribution in [0.4, 0.5) is 17.5 Å². The Morgan fingerprint density at radius 1 is 0.471 bits per heavy atom. The lowest BCUT2D eigenvalue weighted by atomic mass is 10.0. The van der Waals surface area contributed by atoms with Crippen LogP contribution in [0.2, 0.25) is 0 Å². The number of nitrogens with zero attached hydrogens (tertiary/aromatic N) is 12. The first-order chi connectivity index (χ1) is 50.5. The minimum absolute atomic E-state index is 0.0119. The summed E-state index contributed by atoms with van der Waals surface area (Å²) in [6.45, 7) is 4.36. The van der Waals surface area contributed by atoms with Crippen LogP contribution < -0.4 is 17.2 Å². The van der Waals surface area contributed by atoms with Gasteiger partial charge in [-0.2, -0.15) is 0 Å². The second kappa shape index (κ2) is 43.1. The number of rotatable bonds is 53. The Hall–Kier alpha value is -6.03. The summed E-state index contributed by atoms with van der Waals surface area (Å²) in [5.41, 5.74) is 19.5. The first-order valence-corrected chi connectivity index (χ1v) is 40.7. The summed E-state index contributed by atoms with van der Waals surface area (Å²) in [6, 6.07) is 0. The summed E-state index contributed by atoms with van der Waals surface area (Å²) in [7, 11) is -10.1. The SMILES string of the molecule is CCCCCCCCCCCCCCCCOCC(COC(=O)CCC(=O)OCC1CC(OP(=O)(O)OCC2CC(OP(=O)(O)OCC3CC(O)C(n4cnc5c(N)ncnc54)O3)C(n3cnc4c(N)ncnc43)O2)C(n2cnc3c(N)ncnc32)O1)OCCCCCCCCCCCCCCCC. The monoisotopic (exact) mass is 1500 g/mol. The van der Waals surface area contributed by atoms with Crippen molar-refractivity contribution in [3.05, 3.63) is 38.0 Å². The molecular weight excluding hydrogens is 1390 g/mol. The van der Waals surface area contributed by atoms with Crippen molar-refractivity contribution in [2.75, 3.05) is 63.4 Å². The second-order valence-corrected chi connectivity index (χ2v) is 30.2. The topological polar surface area (TPSA) is 439 Å². The smallest absolute Gasteiger partial charge is 0.463 e. The van der Waals surface area contributed by atoms with Crippen LogP contribution in [0.5, 0.6) is 0 Å². The van der Waals surface area contributed by atoms with Crippen molar-refractivity contribution in [2.45, 2.75) is 287 Å². The zero-order chi connectivity index (χ0) is 73.5. The molecule has 0 radical (unpaired) electrons. The van der Waals surface area contributed by atoms with E-state index >= 15 is 0 Å². The molecule has 580 valence electrons. The average Bonchev–Trinajstić information content (AvgIpc) is 1.65. The number of unbranched alkanes of at least 4 members (excludes halogenated alkanes) is 26. The predicted molar refractivity (Wildman–Crippen MR) is 384 cm³/mol. The maximum atomic E-state index is 14.1. The highest BCUT2D eigenvalue weighted by Crippen LogP contribution is 2.53. The summed E-state index contributed by atoms with van der Waals surface area (Å²) in [5.74, 6) is -1.12. The number of imidazole rings is 3. The van der Waals surface area contributed by atoms with Crippen LogP contribution in [0.25, 0.3) is 33.5 Å². The van der Waals surface area contributed by atoms with Gasteiger partial charge in [-0.05, 0) is 12.8 Å². The molecule has 0 spiro atoms. The summed E-state index contributed by atoms with van der Waals surface area (Å²) in [6.07, 6.45) is 31.3. The lowest BCUT2D eigenvalue weighted by molar-refractivity contribution is -0.155. The molecule has 12 unspecified atom stereocenters. The van der Waals surface area contributed by atoms with E-state index in [0.29, 0.717) is 24.4 Å². The molecule has 3 saturated heterocycles. The molecule has 6 aromatic heterocycles. The Morgan fingerprint density at radius 3 is 1.25 bits per heavy atom. The lowest BCUT2D eigenvalue weighted by Crippen LogP contribution is -2.28. The van der Waals surface area contributed by atoms with E-state index in [1.807, 2.05) is 0 Å². The number of ether oxygens (including phenoxy) is 7. The van der Waals surface area contributed by atoms with E-state index in [1.165, 1.54) is 199 Å². The molecule has 3 fully saturated rings. The van der Waals surface area contributed by atoms with E-state index < -0.39 is 102 Å². The van der Waals surface area contributed by atoms with Crippen molar-refractivity contribution in [1.29, 1.82) is 0 Å². The van der Waals surface area contributed by atoms with Crippen LogP contribution in [0.15, 0.2) is 38.0 Å². The van der Waals surface area contributed by atoms with Gasteiger partial charge in [-0.25, -0.2) is 54.0 Å². The van der Waals surface area contributed by atoms with Crippen molar-refractivity contribution in [3.63, 3.8) is 0 Å². The first-order valence-electron chi connectivity index (χ1n) is 37.7. The number of hydrogen-bond donors (Lipinski definition) is 6. The zero-order valence-corrected chi connectivity index (χ0v) is 62.3. The lowest BCUT2D eigenvalue weighted by Gasteiger charge is -2.23. The highest BCUT2D eigenvalue weighted by Gasteiger charge is 2.47. The molecule has 9 N–H and O–H groups in total. The molecule has 0 bridgehead atoms. The third-order valence-electron chi connectivity index (χ3n) is 19.0. The molecule has 9 rings (SSSR count). The van der Waals surface area contributed by atoms with E-state index in [9.17, 15) is 33.6 Å². The number of phosphoric ester groups is 2. The number of nitrogen functional groups attached to an aromatic ring is 3. The fourth-order valence-electron chi connectivity index (χ4n) is 13.4. The van der Waals surface area contributed by atoms with Crippen LogP contribution in [0, 0.1) is 0 Å². The fourth-order valence-corrected chi connectivity index (χ4v) is 15.3. The molecule has 6 aromatic rings. The van der Waals surface area contributed by atoms with Gasteiger partial charge in [0.05, 0.1) is 70.0 Å². The Bertz CT molecular complexity index is 3630. The van der Waals surface area contributed by atoms with Gasteiger partial charge in [0.15, 0.2) is 53.1 Å². The molecule has 33 nitrogen and oxygen atoms in total. The highest BCUT2D eigenvalue weighted by atomic mass is 31.2. The van der Waals surface area contributed by atoms with Crippen molar-refractivity contribution in [2.24, 2.45) is 0 Å². The van der Waals surface area contributed by atoms with Gasteiger partial charge in [0.2, 0.25) is 0 Å². The number of anilines is 3. The van der Waals surface area contributed by atoms with Crippen LogP contribution in [0.3, 0.4) is 0 Å². The second-order valence-electron chi connectivity index (χ2n) is 27.4. The molecule has 3 aliphatic rings. The number of aliphatic hydroxyl groups is 1. The maximum Gasteiger partial charge on any atom is 0.472 e. The maximum absolute atomic E-state index is 14.1. The molecule has 0 amide bonds. The number of esters is 2. The van der Waals surface area contributed by atoms with E-state index in [2.05, 4.69) is 58.7 Å². The number of phosphoric acid groups is 2. The van der Waals surface area contributed by atoms with Crippen LogP contribution in [-0.4, -0.2) is 174 Å². The fraction of sp³-hybridized carbons (Fsp3) is 0.754. The van der Waals surface area contributed by atoms with Crippen molar-refractivity contribution < 1.29 is 84.9 Å². The van der Waals surface area contributed by atoms with Gasteiger partial charge < -0.3 is 65.3 Å². The Kier molecular flexibility index (Phi) is 34.0. The van der Waals surface area contributed by atoms with E-state index in [0.717, 1.165) is 32.1 Å². The molecule has 35 heteroatoms. The summed E-state index contributed by atoms with van der Waals surface area (Å²) >= 11 is 0. The van der Waals surface area contributed by atoms with E-state index in [1.54, 1.807) is 0 Å². The van der Waals surface area contributed by atoms with E-state index in [-0.39, 0.29) is 91.7 Å². The average molecular weight is 1500 g/mol. The third kappa shape index (κ3) is 25.9. The van der Waals surface area contributed by atoms with Crippen LogP contribution in [0.1, 0.15) is 244 Å². The quantitative estimate of drug-likeness (QED) is 0.0117. The van der Waals surface area contributed by atoms with Crippen LogP contribution in [-0.2, 0) is 70.0 Å². The van der Waals surface area contributed by atoms with Gasteiger partial charge in [-0.15, -0.1) is 0 Å². The zero-order valence-electron chi connectivity index (χ0n) is 60.5. The third-order valence-corrected chi connectivity index (χ3v) is 21.0. The molecule has 0 aromatic carbocycles. The summed E-state index contributed by atoms with van der Waals surface area (Å²) < 4.78 is 97.1. The number of fused-ring (bicyclic) bond motifs is 3. The van der Waals surface area contributed by atoms with Gasteiger partial charge in [-0.1, -0.05) is 181 Å². The predicted octanol–water partition coefficient (Wildman–Crippen LogP) is 11.7. The van der Waals surface area contributed by atoms with Gasteiger partial charge >= 0.3 is 27.6 Å². The van der Waals surface area contributed by atoms with Crippen LogP contribution >= 0.6 is 15.6 Å². The molecule has 12 atom stereocenters. The standard InChI is InChI=1S/C69H111N15O18P2/c1-3-5-7-9-11-13-15-17-19-21-23-25-27-29-33-92-38-52(93-34-30-28-26-24-22-20-18-16-14-12-10-8-6-4-2)40-95-57(87)32-31-56(86)94-39-50-36-54(68(99-50)83-47-80-59-62(71)74-44-77-65(59)83)101-104(90,91)97-42-51-37-55(69(100-51)84-48-81-60-63(72)75-45-78-66(60)84)102-103(88,89)96-41-49-35-53(85)67(98-49)82-46-79-58-61(70)73-43-76-64(58)82/h43-55,67-69,85H,3-42H2,1-2H3,(H,88,89)(H,90,91)(H2,70,73,76)(H2,71,74,77)(H2,72,75,78).